The van der Waals surface area contributed by atoms with Crippen LogP contribution in [0, 0.1) is 6.92 Å². The highest BCUT2D eigenvalue weighted by Crippen LogP contribution is 2.27. The summed E-state index contributed by atoms with van der Waals surface area (Å²) in [7, 11) is 0. The Kier molecular flexibility index (Phi) is 1.98. The molecule has 5 heteroatoms. The smallest absolute Gasteiger partial charge is 0.175 e. The number of nitrogens with zero attached hydrogens (tertiary/aromatic N) is 3. The number of fused-ring (bicyclic) bond motifs is 1. The van der Waals surface area contributed by atoms with Gasteiger partial charge in [-0.15, -0.1) is 11.3 Å². The van der Waals surface area contributed by atoms with Crippen LogP contribution in [-0.2, 0) is 0 Å². The molecular formula is C7H7N3S2. The second-order valence-corrected chi connectivity index (χ2v) is 4.35. The van der Waals surface area contributed by atoms with E-state index in [0.29, 0.717) is 0 Å². The van der Waals surface area contributed by atoms with Crippen LogP contribution in [0.25, 0.3) is 10.3 Å². The molecule has 0 spiro atoms. The maximum atomic E-state index is 4.32. The van der Waals surface area contributed by atoms with Crippen LogP contribution in [0.1, 0.15) is 5.69 Å². The fraction of sp³-hybridized carbons (Fsp3) is 0.286. The van der Waals surface area contributed by atoms with Gasteiger partial charge in [0.1, 0.15) is 6.33 Å². The summed E-state index contributed by atoms with van der Waals surface area (Å²) in [5.74, 6) is 0. The van der Waals surface area contributed by atoms with Gasteiger partial charge in [-0.05, 0) is 13.2 Å². The highest BCUT2D eigenvalue weighted by Gasteiger charge is 2.05. The van der Waals surface area contributed by atoms with Crippen LogP contribution in [0.15, 0.2) is 10.7 Å². The highest BCUT2D eigenvalue weighted by atomic mass is 32.2. The van der Waals surface area contributed by atoms with Crippen LogP contribution in [-0.4, -0.2) is 21.2 Å². The molecule has 0 N–H and O–H groups in total. The Morgan fingerprint density at radius 2 is 2.25 bits per heavy atom. The summed E-state index contributed by atoms with van der Waals surface area (Å²) in [6.45, 7) is 1.98. The number of hydrogen-bond donors (Lipinski definition) is 0. The van der Waals surface area contributed by atoms with E-state index in [1.807, 2.05) is 13.2 Å². The molecule has 0 radical (unpaired) electrons. The van der Waals surface area contributed by atoms with Crippen LogP contribution in [0.3, 0.4) is 0 Å². The number of aromatic nitrogens is 3. The van der Waals surface area contributed by atoms with Gasteiger partial charge in [-0.2, -0.15) is 0 Å². The molecular weight excluding hydrogens is 190 g/mol. The first-order chi connectivity index (χ1) is 5.81. The van der Waals surface area contributed by atoms with Crippen molar-refractivity contribution in [1.29, 1.82) is 0 Å². The van der Waals surface area contributed by atoms with E-state index in [0.717, 1.165) is 20.4 Å². The Balaban J connectivity index is 2.74. The first kappa shape index (κ1) is 7.94. The first-order valence-electron chi connectivity index (χ1n) is 3.43. The molecule has 2 heterocycles. The van der Waals surface area contributed by atoms with Gasteiger partial charge >= 0.3 is 0 Å². The van der Waals surface area contributed by atoms with E-state index in [2.05, 4.69) is 15.0 Å². The van der Waals surface area contributed by atoms with Gasteiger partial charge in [-0.3, -0.25) is 0 Å². The molecule has 0 saturated carbocycles. The Bertz CT molecular complexity index is 410. The third-order valence-corrected chi connectivity index (χ3v) is 3.66. The zero-order valence-corrected chi connectivity index (χ0v) is 8.37. The third-order valence-electron chi connectivity index (χ3n) is 1.52. The molecule has 0 fully saturated rings. The Labute approximate surface area is 78.3 Å². The Morgan fingerprint density at radius 3 is 2.92 bits per heavy atom. The van der Waals surface area contributed by atoms with Crippen molar-refractivity contribution in [3.05, 3.63) is 12.0 Å². The van der Waals surface area contributed by atoms with Gasteiger partial charge in [0.15, 0.2) is 9.99 Å². The van der Waals surface area contributed by atoms with Gasteiger partial charge in [0.2, 0.25) is 0 Å². The Hall–Kier alpha value is -0.680. The van der Waals surface area contributed by atoms with Crippen LogP contribution in [0.2, 0.25) is 0 Å². The van der Waals surface area contributed by atoms with Gasteiger partial charge < -0.3 is 0 Å². The number of aryl methyl sites for hydroxylation is 1. The number of rotatable bonds is 1. The largest absolute Gasteiger partial charge is 0.240 e. The summed E-state index contributed by atoms with van der Waals surface area (Å²) < 4.78 is 2.15. The van der Waals surface area contributed by atoms with Crippen molar-refractivity contribution in [2.24, 2.45) is 0 Å². The molecule has 3 nitrogen and oxygen atoms in total. The van der Waals surface area contributed by atoms with Crippen molar-refractivity contribution >= 4 is 33.4 Å². The fourth-order valence-electron chi connectivity index (χ4n) is 0.932. The molecule has 0 aliphatic carbocycles. The van der Waals surface area contributed by atoms with Crippen LogP contribution in [0.5, 0.6) is 0 Å². The molecule has 12 heavy (non-hydrogen) atoms. The van der Waals surface area contributed by atoms with Crippen molar-refractivity contribution in [2.75, 3.05) is 6.26 Å². The molecule has 0 atom stereocenters. The zero-order chi connectivity index (χ0) is 8.55. The molecule has 62 valence electrons. The molecule has 0 saturated heterocycles. The molecule has 0 aliphatic rings. The molecule has 0 bridgehead atoms. The minimum Gasteiger partial charge on any atom is -0.240 e. The zero-order valence-electron chi connectivity index (χ0n) is 6.74. The number of hydrogen-bond acceptors (Lipinski definition) is 5. The van der Waals surface area contributed by atoms with Crippen molar-refractivity contribution in [3.63, 3.8) is 0 Å². The second kappa shape index (κ2) is 2.99. The lowest BCUT2D eigenvalue weighted by Gasteiger charge is -1.88. The number of thiazole rings is 1. The SMILES string of the molecule is CSc1nc2ncnc(C)c2s1. The molecule has 2 aromatic heterocycles. The molecule has 0 aliphatic heterocycles. The molecule has 2 aromatic rings. The topological polar surface area (TPSA) is 38.7 Å². The lowest BCUT2D eigenvalue weighted by Crippen LogP contribution is -1.82. The average Bonchev–Trinajstić information content (AvgIpc) is 2.49. The van der Waals surface area contributed by atoms with E-state index < -0.39 is 0 Å². The van der Waals surface area contributed by atoms with Gasteiger partial charge in [-0.1, -0.05) is 11.8 Å². The number of thioether (sulfide) groups is 1. The predicted molar refractivity (Wildman–Crippen MR) is 51.7 cm³/mol. The maximum absolute atomic E-state index is 4.32. The van der Waals surface area contributed by atoms with Crippen LogP contribution in [0.4, 0.5) is 0 Å². The van der Waals surface area contributed by atoms with Crippen molar-refractivity contribution < 1.29 is 0 Å². The van der Waals surface area contributed by atoms with E-state index >= 15 is 0 Å². The molecule has 2 rings (SSSR count). The van der Waals surface area contributed by atoms with Crippen molar-refractivity contribution in [3.8, 4) is 0 Å². The van der Waals surface area contributed by atoms with Crippen LogP contribution >= 0.6 is 23.1 Å². The van der Waals surface area contributed by atoms with Gasteiger partial charge in [0.05, 0.1) is 10.4 Å². The van der Waals surface area contributed by atoms with Gasteiger partial charge in [-0.25, -0.2) is 15.0 Å². The van der Waals surface area contributed by atoms with E-state index in [1.54, 1.807) is 29.4 Å². The van der Waals surface area contributed by atoms with E-state index in [4.69, 9.17) is 0 Å². The normalized spacial score (nSPS) is 10.8. The minimum absolute atomic E-state index is 0.817. The summed E-state index contributed by atoms with van der Waals surface area (Å²) in [4.78, 5) is 12.5. The summed E-state index contributed by atoms with van der Waals surface area (Å²) in [6.07, 6.45) is 3.57. The lowest BCUT2D eigenvalue weighted by molar-refractivity contribution is 1.13. The third kappa shape index (κ3) is 1.19. The summed E-state index contributed by atoms with van der Waals surface area (Å²) in [6, 6.07) is 0. The van der Waals surface area contributed by atoms with E-state index in [9.17, 15) is 0 Å². The monoisotopic (exact) mass is 197 g/mol. The van der Waals surface area contributed by atoms with Crippen molar-refractivity contribution in [2.45, 2.75) is 11.3 Å². The van der Waals surface area contributed by atoms with Gasteiger partial charge in [0.25, 0.3) is 0 Å². The quantitative estimate of drug-likeness (QED) is 0.656. The van der Waals surface area contributed by atoms with Crippen molar-refractivity contribution in [1.82, 2.24) is 15.0 Å². The molecule has 0 amide bonds. The molecule has 0 unspecified atom stereocenters. The van der Waals surface area contributed by atoms with Crippen LogP contribution < -0.4 is 0 Å². The van der Waals surface area contributed by atoms with E-state index in [-0.39, 0.29) is 0 Å². The maximum Gasteiger partial charge on any atom is 0.175 e. The average molecular weight is 197 g/mol. The first-order valence-corrected chi connectivity index (χ1v) is 5.47. The fourth-order valence-corrected chi connectivity index (χ4v) is 2.39. The standard InChI is InChI=1S/C7H7N3S2/c1-4-5-6(9-3-8-4)10-7(11-2)12-5/h3H,1-2H3. The summed E-state index contributed by atoms with van der Waals surface area (Å²) >= 11 is 3.29. The summed E-state index contributed by atoms with van der Waals surface area (Å²) in [5.41, 5.74) is 1.83. The second-order valence-electron chi connectivity index (χ2n) is 2.30. The summed E-state index contributed by atoms with van der Waals surface area (Å²) in [5, 5.41) is 0. The minimum atomic E-state index is 0.817. The van der Waals surface area contributed by atoms with E-state index in [1.165, 1.54) is 0 Å². The Morgan fingerprint density at radius 1 is 1.42 bits per heavy atom. The predicted octanol–water partition coefficient (Wildman–Crippen LogP) is 2.12. The lowest BCUT2D eigenvalue weighted by atomic mass is 10.4. The highest BCUT2D eigenvalue weighted by molar-refractivity contribution is 8.00. The molecule has 0 aromatic carbocycles. The van der Waals surface area contributed by atoms with Gasteiger partial charge in [0, 0.05) is 0 Å².